The molecule has 1 saturated carbocycles. The first-order valence-corrected chi connectivity index (χ1v) is 12.0. The third kappa shape index (κ3) is 6.31. The molecule has 1 amide bonds. The predicted octanol–water partition coefficient (Wildman–Crippen LogP) is 2.93. The quantitative estimate of drug-likeness (QED) is 0.643. The van der Waals surface area contributed by atoms with Gasteiger partial charge < -0.3 is 14.8 Å². The lowest BCUT2D eigenvalue weighted by Crippen LogP contribution is -2.39. The monoisotopic (exact) mass is 444 g/mol. The first-order valence-electron chi connectivity index (χ1n) is 10.2. The summed E-state index contributed by atoms with van der Waals surface area (Å²) in [5.74, 6) is 0.123. The van der Waals surface area contributed by atoms with E-state index in [1.807, 2.05) is 0 Å². The highest BCUT2D eigenvalue weighted by molar-refractivity contribution is 7.89. The molecule has 29 heavy (non-hydrogen) atoms. The third-order valence-corrected chi connectivity index (χ3v) is 7.26. The molecule has 1 aromatic rings. The van der Waals surface area contributed by atoms with Gasteiger partial charge in [0.25, 0.3) is 5.91 Å². The number of carbonyl (C=O) groups is 1. The van der Waals surface area contributed by atoms with E-state index in [9.17, 15) is 13.2 Å². The number of hydrogen-bond donors (Lipinski definition) is 2. The standard InChI is InChI=1S/C20H29ClN2O5S/c1-14-10-17(21)19(29(25,26)22-12-16-8-5-9-27-16)11-18(14)28-13-20(24)23-15-6-3-2-4-7-15/h10-11,15-16,22H,2-9,12-13H2,1H3,(H,23,24)/t16-/m0/s1. The lowest BCUT2D eigenvalue weighted by Gasteiger charge is -2.22. The van der Waals surface area contributed by atoms with Gasteiger partial charge in [-0.15, -0.1) is 0 Å². The number of carbonyl (C=O) groups excluding carboxylic acids is 1. The number of aryl methyl sites for hydroxylation is 1. The molecular formula is C20H29ClN2O5S. The molecule has 2 aliphatic rings. The topological polar surface area (TPSA) is 93.7 Å². The van der Waals surface area contributed by atoms with Gasteiger partial charge in [0.15, 0.2) is 6.61 Å². The second-order valence-corrected chi connectivity index (χ2v) is 9.87. The number of amides is 1. The summed E-state index contributed by atoms with van der Waals surface area (Å²) in [7, 11) is -3.82. The number of sulfonamides is 1. The largest absolute Gasteiger partial charge is 0.483 e. The van der Waals surface area contributed by atoms with Crippen molar-refractivity contribution in [3.63, 3.8) is 0 Å². The van der Waals surface area contributed by atoms with Crippen LogP contribution in [0.1, 0.15) is 50.5 Å². The van der Waals surface area contributed by atoms with E-state index < -0.39 is 10.0 Å². The molecule has 162 valence electrons. The van der Waals surface area contributed by atoms with Crippen molar-refractivity contribution in [3.05, 3.63) is 22.7 Å². The van der Waals surface area contributed by atoms with E-state index in [1.54, 1.807) is 6.92 Å². The Morgan fingerprint density at radius 2 is 1.97 bits per heavy atom. The minimum atomic E-state index is -3.82. The molecule has 2 N–H and O–H groups in total. The van der Waals surface area contributed by atoms with Gasteiger partial charge in [-0.05, 0) is 44.2 Å². The van der Waals surface area contributed by atoms with Gasteiger partial charge in [-0.2, -0.15) is 0 Å². The maximum absolute atomic E-state index is 12.7. The van der Waals surface area contributed by atoms with Gasteiger partial charge in [0.2, 0.25) is 10.0 Å². The van der Waals surface area contributed by atoms with Gasteiger partial charge in [0, 0.05) is 25.3 Å². The fourth-order valence-electron chi connectivity index (χ4n) is 3.74. The Hall–Kier alpha value is -1.35. The van der Waals surface area contributed by atoms with Gasteiger partial charge in [0.05, 0.1) is 11.1 Å². The zero-order chi connectivity index (χ0) is 20.9. The molecule has 0 aromatic heterocycles. The van der Waals surface area contributed by atoms with Crippen molar-refractivity contribution in [1.29, 1.82) is 0 Å². The van der Waals surface area contributed by atoms with Gasteiger partial charge >= 0.3 is 0 Å². The van der Waals surface area contributed by atoms with Crippen LogP contribution in [0.5, 0.6) is 5.75 Å². The summed E-state index contributed by atoms with van der Waals surface area (Å²) < 4.78 is 39.0. The Bertz CT molecular complexity index is 818. The summed E-state index contributed by atoms with van der Waals surface area (Å²) in [6, 6.07) is 3.11. The average molecular weight is 445 g/mol. The number of ether oxygens (including phenoxy) is 2. The SMILES string of the molecule is Cc1cc(Cl)c(S(=O)(=O)NC[C@@H]2CCCO2)cc1OCC(=O)NC1CCCCC1. The van der Waals surface area contributed by atoms with Crippen LogP contribution in [0.25, 0.3) is 0 Å². The Balaban J connectivity index is 1.62. The highest BCUT2D eigenvalue weighted by atomic mass is 35.5. The van der Waals surface area contributed by atoms with Crippen molar-refractivity contribution >= 4 is 27.5 Å². The first kappa shape index (κ1) is 22.3. The normalized spacial score (nSPS) is 20.6. The summed E-state index contributed by atoms with van der Waals surface area (Å²) in [6.45, 7) is 2.45. The smallest absolute Gasteiger partial charge is 0.258 e. The maximum atomic E-state index is 12.7. The highest BCUT2D eigenvalue weighted by Gasteiger charge is 2.24. The van der Waals surface area contributed by atoms with Crippen molar-refractivity contribution in [1.82, 2.24) is 10.0 Å². The predicted molar refractivity (Wildman–Crippen MR) is 111 cm³/mol. The van der Waals surface area contributed by atoms with Crippen LogP contribution in [0.4, 0.5) is 0 Å². The molecule has 3 rings (SSSR count). The van der Waals surface area contributed by atoms with Crippen LogP contribution in [0.15, 0.2) is 17.0 Å². The van der Waals surface area contributed by atoms with Gasteiger partial charge in [-0.1, -0.05) is 30.9 Å². The van der Waals surface area contributed by atoms with Gasteiger partial charge in [-0.3, -0.25) is 4.79 Å². The van der Waals surface area contributed by atoms with E-state index >= 15 is 0 Å². The number of nitrogens with one attached hydrogen (secondary N) is 2. The van der Waals surface area contributed by atoms with Crippen LogP contribution in [0, 0.1) is 6.92 Å². The van der Waals surface area contributed by atoms with E-state index in [4.69, 9.17) is 21.1 Å². The van der Waals surface area contributed by atoms with Crippen molar-refractivity contribution in [2.75, 3.05) is 19.8 Å². The molecule has 1 atom stereocenters. The molecule has 0 unspecified atom stereocenters. The van der Waals surface area contributed by atoms with Gasteiger partial charge in [0.1, 0.15) is 10.6 Å². The fourth-order valence-corrected chi connectivity index (χ4v) is 5.40. The third-order valence-electron chi connectivity index (χ3n) is 5.37. The average Bonchev–Trinajstić information content (AvgIpc) is 3.20. The molecule has 1 aromatic carbocycles. The van der Waals surface area contributed by atoms with E-state index in [2.05, 4.69) is 10.0 Å². The highest BCUT2D eigenvalue weighted by Crippen LogP contribution is 2.30. The molecule has 1 saturated heterocycles. The van der Waals surface area contributed by atoms with Crippen molar-refractivity contribution in [2.24, 2.45) is 0 Å². The molecule has 0 bridgehead atoms. The van der Waals surface area contributed by atoms with Gasteiger partial charge in [-0.25, -0.2) is 13.1 Å². The molecule has 1 heterocycles. The lowest BCUT2D eigenvalue weighted by atomic mass is 9.95. The summed E-state index contributed by atoms with van der Waals surface area (Å²) in [4.78, 5) is 12.1. The second-order valence-electron chi connectivity index (χ2n) is 7.73. The van der Waals surface area contributed by atoms with Crippen LogP contribution in [0.3, 0.4) is 0 Å². The molecule has 2 fully saturated rings. The minimum Gasteiger partial charge on any atom is -0.483 e. The van der Waals surface area contributed by atoms with Crippen molar-refractivity contribution < 1.29 is 22.7 Å². The summed E-state index contributed by atoms with van der Waals surface area (Å²) in [5, 5.41) is 3.09. The van der Waals surface area contributed by atoms with Crippen LogP contribution in [-0.4, -0.2) is 46.2 Å². The maximum Gasteiger partial charge on any atom is 0.258 e. The Kier molecular flexibility index (Phi) is 7.79. The number of halogens is 1. The van der Waals surface area contributed by atoms with Crippen LogP contribution in [-0.2, 0) is 19.6 Å². The second kappa shape index (κ2) is 10.1. The van der Waals surface area contributed by atoms with Crippen LogP contribution >= 0.6 is 11.6 Å². The molecule has 0 spiro atoms. The molecule has 9 heteroatoms. The van der Waals surface area contributed by atoms with E-state index in [0.717, 1.165) is 38.5 Å². The molecule has 1 aliphatic heterocycles. The van der Waals surface area contributed by atoms with Crippen LogP contribution in [0.2, 0.25) is 5.02 Å². The summed E-state index contributed by atoms with van der Waals surface area (Å²) in [5.41, 5.74) is 0.665. The minimum absolute atomic E-state index is 0.0644. The zero-order valence-corrected chi connectivity index (χ0v) is 18.3. The molecule has 0 radical (unpaired) electrons. The Labute approximate surface area is 177 Å². The number of benzene rings is 1. The Morgan fingerprint density at radius 1 is 1.21 bits per heavy atom. The number of hydrogen-bond acceptors (Lipinski definition) is 5. The summed E-state index contributed by atoms with van der Waals surface area (Å²) in [6.07, 6.45) is 7.09. The van der Waals surface area contributed by atoms with E-state index in [-0.39, 0.29) is 41.1 Å². The molecular weight excluding hydrogens is 416 g/mol. The lowest BCUT2D eigenvalue weighted by molar-refractivity contribution is -0.124. The van der Waals surface area contributed by atoms with E-state index in [1.165, 1.54) is 18.6 Å². The first-order chi connectivity index (χ1) is 13.8. The van der Waals surface area contributed by atoms with Crippen molar-refractivity contribution in [3.8, 4) is 5.75 Å². The Morgan fingerprint density at radius 3 is 2.66 bits per heavy atom. The molecule has 7 nitrogen and oxygen atoms in total. The molecule has 1 aliphatic carbocycles. The van der Waals surface area contributed by atoms with E-state index in [0.29, 0.717) is 17.9 Å². The number of rotatable bonds is 8. The van der Waals surface area contributed by atoms with Crippen LogP contribution < -0.4 is 14.8 Å². The zero-order valence-electron chi connectivity index (χ0n) is 16.7. The fraction of sp³-hybridized carbons (Fsp3) is 0.650. The van der Waals surface area contributed by atoms with Crippen molar-refractivity contribution in [2.45, 2.75) is 68.9 Å². The summed E-state index contributed by atoms with van der Waals surface area (Å²) >= 11 is 6.19.